The molecule has 1 saturated heterocycles. The van der Waals surface area contributed by atoms with E-state index in [1.54, 1.807) is 12.3 Å². The SMILES string of the molecule is CN1CCCN(c2nccc(/C(N)=N/O)n2)CC1. The molecule has 0 bridgehead atoms. The predicted molar refractivity (Wildman–Crippen MR) is 68.9 cm³/mol. The smallest absolute Gasteiger partial charge is 0.226 e. The van der Waals surface area contributed by atoms with E-state index in [2.05, 4.69) is 32.0 Å². The van der Waals surface area contributed by atoms with Gasteiger partial charge < -0.3 is 20.7 Å². The number of hydrogen-bond donors (Lipinski definition) is 2. The Hall–Kier alpha value is -1.89. The summed E-state index contributed by atoms with van der Waals surface area (Å²) in [5, 5.41) is 11.6. The second-order valence-electron chi connectivity index (χ2n) is 4.37. The summed E-state index contributed by atoms with van der Waals surface area (Å²) in [7, 11) is 2.11. The van der Waals surface area contributed by atoms with Gasteiger partial charge in [0.1, 0.15) is 5.69 Å². The molecule has 1 fully saturated rings. The number of nitrogens with zero attached hydrogens (tertiary/aromatic N) is 5. The van der Waals surface area contributed by atoms with Crippen molar-refractivity contribution in [3.05, 3.63) is 18.0 Å². The third kappa shape index (κ3) is 2.86. The minimum atomic E-state index is 0.00518. The maximum Gasteiger partial charge on any atom is 0.226 e. The molecule has 0 unspecified atom stereocenters. The van der Waals surface area contributed by atoms with Crippen LogP contribution in [0.3, 0.4) is 0 Å². The van der Waals surface area contributed by atoms with Crippen molar-refractivity contribution in [2.24, 2.45) is 10.9 Å². The molecule has 0 radical (unpaired) electrons. The standard InChI is InChI=1S/C11H18N6O/c1-16-5-2-6-17(8-7-16)11-13-4-3-9(14-11)10(12)15-18/h3-4,18H,2,5-8H2,1H3,(H2,12,15). The monoisotopic (exact) mass is 250 g/mol. The summed E-state index contributed by atoms with van der Waals surface area (Å²) in [6.45, 7) is 3.87. The minimum absolute atomic E-state index is 0.00518. The number of hydrogen-bond acceptors (Lipinski definition) is 6. The molecular weight excluding hydrogens is 232 g/mol. The van der Waals surface area contributed by atoms with Crippen molar-refractivity contribution in [1.29, 1.82) is 0 Å². The summed E-state index contributed by atoms with van der Waals surface area (Å²) in [5.74, 6) is 0.639. The van der Waals surface area contributed by atoms with Crippen LogP contribution in [-0.2, 0) is 0 Å². The normalized spacial score (nSPS) is 18.7. The van der Waals surface area contributed by atoms with Crippen LogP contribution >= 0.6 is 0 Å². The van der Waals surface area contributed by atoms with Crippen molar-refractivity contribution in [3.8, 4) is 0 Å². The molecule has 1 aliphatic rings. The predicted octanol–water partition coefficient (Wildman–Crippen LogP) is -0.287. The third-order valence-corrected chi connectivity index (χ3v) is 3.02. The van der Waals surface area contributed by atoms with Gasteiger partial charge >= 0.3 is 0 Å². The van der Waals surface area contributed by atoms with E-state index in [4.69, 9.17) is 10.9 Å². The van der Waals surface area contributed by atoms with Crippen molar-refractivity contribution in [2.45, 2.75) is 6.42 Å². The zero-order valence-corrected chi connectivity index (χ0v) is 10.5. The molecule has 7 heteroatoms. The maximum atomic E-state index is 8.65. The summed E-state index contributed by atoms with van der Waals surface area (Å²) in [6, 6.07) is 1.63. The van der Waals surface area contributed by atoms with Crippen LogP contribution in [0.4, 0.5) is 5.95 Å². The highest BCUT2D eigenvalue weighted by Crippen LogP contribution is 2.10. The summed E-state index contributed by atoms with van der Waals surface area (Å²) in [6.07, 6.45) is 2.71. The van der Waals surface area contributed by atoms with Gasteiger partial charge in [-0.25, -0.2) is 9.97 Å². The van der Waals surface area contributed by atoms with Crippen LogP contribution in [0.5, 0.6) is 0 Å². The van der Waals surface area contributed by atoms with Crippen LogP contribution in [0.1, 0.15) is 12.1 Å². The molecule has 0 saturated carbocycles. The second-order valence-corrected chi connectivity index (χ2v) is 4.37. The average Bonchev–Trinajstić information content (AvgIpc) is 2.63. The van der Waals surface area contributed by atoms with Gasteiger partial charge in [-0.15, -0.1) is 0 Å². The van der Waals surface area contributed by atoms with Crippen LogP contribution in [-0.4, -0.2) is 59.1 Å². The molecule has 2 rings (SSSR count). The van der Waals surface area contributed by atoms with E-state index < -0.39 is 0 Å². The number of aromatic nitrogens is 2. The van der Waals surface area contributed by atoms with Crippen molar-refractivity contribution in [3.63, 3.8) is 0 Å². The van der Waals surface area contributed by atoms with E-state index in [0.717, 1.165) is 32.6 Å². The Bertz CT molecular complexity index is 435. The molecule has 1 aliphatic heterocycles. The van der Waals surface area contributed by atoms with Crippen molar-refractivity contribution in [2.75, 3.05) is 38.1 Å². The fourth-order valence-corrected chi connectivity index (χ4v) is 1.94. The van der Waals surface area contributed by atoms with E-state index in [1.807, 2.05) is 0 Å². The molecule has 1 aromatic heterocycles. The number of anilines is 1. The zero-order chi connectivity index (χ0) is 13.0. The molecular formula is C11H18N6O. The second kappa shape index (κ2) is 5.63. The van der Waals surface area contributed by atoms with Crippen LogP contribution < -0.4 is 10.6 Å². The average molecular weight is 250 g/mol. The molecule has 98 valence electrons. The molecule has 0 atom stereocenters. The quantitative estimate of drug-likeness (QED) is 0.324. The number of oxime groups is 1. The Morgan fingerprint density at radius 1 is 1.39 bits per heavy atom. The maximum absolute atomic E-state index is 8.65. The molecule has 1 aromatic rings. The lowest BCUT2D eigenvalue weighted by Crippen LogP contribution is -2.30. The molecule has 2 heterocycles. The lowest BCUT2D eigenvalue weighted by Gasteiger charge is -2.20. The first-order chi connectivity index (χ1) is 8.70. The molecule has 0 spiro atoms. The summed E-state index contributed by atoms with van der Waals surface area (Å²) in [4.78, 5) is 13.0. The van der Waals surface area contributed by atoms with Gasteiger partial charge in [0.25, 0.3) is 0 Å². The summed E-state index contributed by atoms with van der Waals surface area (Å²) in [5.41, 5.74) is 5.97. The highest BCUT2D eigenvalue weighted by molar-refractivity contribution is 5.95. The third-order valence-electron chi connectivity index (χ3n) is 3.02. The van der Waals surface area contributed by atoms with Crippen LogP contribution in [0, 0.1) is 0 Å². The fourth-order valence-electron chi connectivity index (χ4n) is 1.94. The zero-order valence-electron chi connectivity index (χ0n) is 10.5. The van der Waals surface area contributed by atoms with Gasteiger partial charge in [-0.1, -0.05) is 5.16 Å². The number of rotatable bonds is 2. The highest BCUT2D eigenvalue weighted by atomic mass is 16.4. The molecule has 0 amide bonds. The highest BCUT2D eigenvalue weighted by Gasteiger charge is 2.15. The van der Waals surface area contributed by atoms with E-state index in [-0.39, 0.29) is 5.84 Å². The molecule has 7 nitrogen and oxygen atoms in total. The number of nitrogens with two attached hydrogens (primary N) is 1. The largest absolute Gasteiger partial charge is 0.409 e. The van der Waals surface area contributed by atoms with Gasteiger partial charge in [-0.3, -0.25) is 0 Å². The van der Waals surface area contributed by atoms with E-state index in [9.17, 15) is 0 Å². The molecule has 0 aliphatic carbocycles. The summed E-state index contributed by atoms with van der Waals surface area (Å²) >= 11 is 0. The lowest BCUT2D eigenvalue weighted by molar-refractivity contribution is 0.318. The van der Waals surface area contributed by atoms with Crippen LogP contribution in [0.15, 0.2) is 17.4 Å². The van der Waals surface area contributed by atoms with Crippen LogP contribution in [0.2, 0.25) is 0 Å². The van der Waals surface area contributed by atoms with Gasteiger partial charge in [0, 0.05) is 25.8 Å². The molecule has 18 heavy (non-hydrogen) atoms. The van der Waals surface area contributed by atoms with Gasteiger partial charge in [-0.05, 0) is 26.1 Å². The minimum Gasteiger partial charge on any atom is -0.409 e. The number of likely N-dealkylation sites (N-methyl/N-ethyl adjacent to an activating group) is 1. The Morgan fingerprint density at radius 2 is 2.22 bits per heavy atom. The van der Waals surface area contributed by atoms with Crippen molar-refractivity contribution in [1.82, 2.24) is 14.9 Å². The Balaban J connectivity index is 2.17. The fraction of sp³-hybridized carbons (Fsp3) is 0.545. The first kappa shape index (κ1) is 12.6. The van der Waals surface area contributed by atoms with E-state index in [0.29, 0.717) is 11.6 Å². The Morgan fingerprint density at radius 3 is 3.00 bits per heavy atom. The number of amidine groups is 1. The topological polar surface area (TPSA) is 90.9 Å². The first-order valence-corrected chi connectivity index (χ1v) is 5.95. The van der Waals surface area contributed by atoms with Gasteiger partial charge in [0.05, 0.1) is 0 Å². The lowest BCUT2D eigenvalue weighted by atomic mass is 10.3. The van der Waals surface area contributed by atoms with E-state index in [1.165, 1.54) is 0 Å². The molecule has 0 aromatic carbocycles. The first-order valence-electron chi connectivity index (χ1n) is 5.95. The summed E-state index contributed by atoms with van der Waals surface area (Å²) < 4.78 is 0. The van der Waals surface area contributed by atoms with Gasteiger partial charge in [-0.2, -0.15) is 0 Å². The van der Waals surface area contributed by atoms with Crippen molar-refractivity contribution < 1.29 is 5.21 Å². The molecule has 3 N–H and O–H groups in total. The Labute approximate surface area is 106 Å². The van der Waals surface area contributed by atoms with Gasteiger partial charge in [0.15, 0.2) is 5.84 Å². The van der Waals surface area contributed by atoms with Crippen LogP contribution in [0.25, 0.3) is 0 Å². The van der Waals surface area contributed by atoms with Crippen molar-refractivity contribution >= 4 is 11.8 Å². The van der Waals surface area contributed by atoms with Gasteiger partial charge in [0.2, 0.25) is 5.95 Å². The Kier molecular flexibility index (Phi) is 3.93. The van der Waals surface area contributed by atoms with E-state index >= 15 is 0 Å².